The molecule has 0 saturated carbocycles. The van der Waals surface area contributed by atoms with E-state index in [1.807, 2.05) is 14.1 Å². The molecule has 5 nitrogen and oxygen atoms in total. The predicted molar refractivity (Wildman–Crippen MR) is 112 cm³/mol. The number of anilines is 2. The van der Waals surface area contributed by atoms with Crippen LogP contribution in [0.25, 0.3) is 0 Å². The van der Waals surface area contributed by atoms with Crippen LogP contribution < -0.4 is 20.4 Å². The Balaban J connectivity index is 1.64. The lowest BCUT2D eigenvalue weighted by Crippen LogP contribution is -3.11. The van der Waals surface area contributed by atoms with Gasteiger partial charge in [-0.25, -0.2) is 4.79 Å². The third-order valence-corrected chi connectivity index (χ3v) is 5.37. The number of carbonyl (C=O) groups is 1. The van der Waals surface area contributed by atoms with Crippen molar-refractivity contribution in [1.29, 1.82) is 0 Å². The molecule has 1 saturated heterocycles. The molecular formula is C21H28ClN4O+. The van der Waals surface area contributed by atoms with Crippen molar-refractivity contribution in [1.82, 2.24) is 5.32 Å². The zero-order valence-electron chi connectivity index (χ0n) is 16.0. The van der Waals surface area contributed by atoms with E-state index in [9.17, 15) is 4.79 Å². The lowest BCUT2D eigenvalue weighted by Gasteiger charge is -2.26. The van der Waals surface area contributed by atoms with Gasteiger partial charge in [0, 0.05) is 48.9 Å². The van der Waals surface area contributed by atoms with Crippen molar-refractivity contribution in [3.63, 3.8) is 0 Å². The zero-order valence-corrected chi connectivity index (χ0v) is 16.7. The third-order valence-electron chi connectivity index (χ3n) is 5.12. The predicted octanol–water partition coefficient (Wildman–Crippen LogP) is 2.95. The molecule has 2 aromatic rings. The van der Waals surface area contributed by atoms with E-state index in [1.165, 1.54) is 24.1 Å². The Morgan fingerprint density at radius 3 is 2.30 bits per heavy atom. The SMILES string of the molecule is CN(C)c1ccc([C@@H](CNC(=O)Nc2ccc(Cl)cc2)[NH+]2CCCC2)cc1. The molecule has 6 heteroatoms. The molecule has 0 aromatic heterocycles. The van der Waals surface area contributed by atoms with Gasteiger partial charge in [-0.15, -0.1) is 0 Å². The second-order valence-electron chi connectivity index (χ2n) is 7.25. The number of nitrogens with one attached hydrogen (secondary N) is 3. The van der Waals surface area contributed by atoms with Crippen LogP contribution in [0.15, 0.2) is 48.5 Å². The van der Waals surface area contributed by atoms with Crippen molar-refractivity contribution in [2.24, 2.45) is 0 Å². The van der Waals surface area contributed by atoms with E-state index in [4.69, 9.17) is 11.6 Å². The van der Waals surface area contributed by atoms with Gasteiger partial charge in [0.2, 0.25) is 0 Å². The van der Waals surface area contributed by atoms with Crippen LogP contribution in [0.2, 0.25) is 5.02 Å². The molecule has 0 radical (unpaired) electrons. The molecule has 144 valence electrons. The summed E-state index contributed by atoms with van der Waals surface area (Å²) in [5, 5.41) is 6.56. The Morgan fingerprint density at radius 1 is 1.07 bits per heavy atom. The number of rotatable bonds is 6. The maximum Gasteiger partial charge on any atom is 0.319 e. The summed E-state index contributed by atoms with van der Waals surface area (Å²) in [6.07, 6.45) is 2.50. The first-order valence-electron chi connectivity index (χ1n) is 9.45. The molecule has 1 aliphatic rings. The van der Waals surface area contributed by atoms with Crippen LogP contribution in [0.4, 0.5) is 16.2 Å². The van der Waals surface area contributed by atoms with E-state index >= 15 is 0 Å². The van der Waals surface area contributed by atoms with Gasteiger partial charge in [-0.1, -0.05) is 23.7 Å². The molecule has 3 rings (SSSR count). The molecule has 1 aliphatic heterocycles. The van der Waals surface area contributed by atoms with Crippen LogP contribution >= 0.6 is 11.6 Å². The Kier molecular flexibility index (Phi) is 6.58. The number of hydrogen-bond acceptors (Lipinski definition) is 2. The molecule has 0 aliphatic carbocycles. The fourth-order valence-electron chi connectivity index (χ4n) is 3.58. The minimum Gasteiger partial charge on any atom is -0.378 e. The number of carbonyl (C=O) groups excluding carboxylic acids is 1. The molecule has 3 N–H and O–H groups in total. The molecule has 0 spiro atoms. The Morgan fingerprint density at radius 2 is 1.70 bits per heavy atom. The van der Waals surface area contributed by atoms with E-state index in [0.29, 0.717) is 11.6 Å². The summed E-state index contributed by atoms with van der Waals surface area (Å²) in [6, 6.07) is 15.9. The first kappa shape index (κ1) is 19.5. The van der Waals surface area contributed by atoms with E-state index < -0.39 is 0 Å². The Labute approximate surface area is 166 Å². The van der Waals surface area contributed by atoms with E-state index in [-0.39, 0.29) is 12.1 Å². The summed E-state index contributed by atoms with van der Waals surface area (Å²) >= 11 is 5.89. The minimum absolute atomic E-state index is 0.189. The van der Waals surface area contributed by atoms with Gasteiger partial charge in [0.05, 0.1) is 19.6 Å². The van der Waals surface area contributed by atoms with E-state index in [0.717, 1.165) is 18.8 Å². The smallest absolute Gasteiger partial charge is 0.319 e. The Bertz CT molecular complexity index is 740. The first-order valence-corrected chi connectivity index (χ1v) is 9.83. The van der Waals surface area contributed by atoms with Gasteiger partial charge < -0.3 is 20.4 Å². The van der Waals surface area contributed by atoms with Crippen LogP contribution in [0.1, 0.15) is 24.4 Å². The summed E-state index contributed by atoms with van der Waals surface area (Å²) < 4.78 is 0. The van der Waals surface area contributed by atoms with Crippen molar-refractivity contribution in [3.05, 3.63) is 59.1 Å². The number of amides is 2. The molecule has 1 heterocycles. The molecular weight excluding hydrogens is 360 g/mol. The Hall–Kier alpha value is -2.24. The molecule has 0 bridgehead atoms. The summed E-state index contributed by atoms with van der Waals surface area (Å²) in [5.41, 5.74) is 3.18. The van der Waals surface area contributed by atoms with Gasteiger partial charge >= 0.3 is 6.03 Å². The minimum atomic E-state index is -0.189. The highest BCUT2D eigenvalue weighted by Gasteiger charge is 2.27. The highest BCUT2D eigenvalue weighted by Crippen LogP contribution is 2.17. The fourth-order valence-corrected chi connectivity index (χ4v) is 3.71. The third kappa shape index (κ3) is 5.37. The van der Waals surface area contributed by atoms with Crippen molar-refractivity contribution in [2.75, 3.05) is 43.9 Å². The van der Waals surface area contributed by atoms with Crippen molar-refractivity contribution < 1.29 is 9.69 Å². The largest absolute Gasteiger partial charge is 0.378 e. The van der Waals surface area contributed by atoms with Gasteiger partial charge in [-0.2, -0.15) is 0 Å². The van der Waals surface area contributed by atoms with E-state index in [2.05, 4.69) is 39.8 Å². The number of urea groups is 1. The maximum atomic E-state index is 12.3. The van der Waals surface area contributed by atoms with Gasteiger partial charge in [0.15, 0.2) is 0 Å². The van der Waals surface area contributed by atoms with E-state index in [1.54, 1.807) is 29.2 Å². The van der Waals surface area contributed by atoms with Crippen LogP contribution in [-0.4, -0.2) is 39.8 Å². The van der Waals surface area contributed by atoms with Crippen LogP contribution in [-0.2, 0) is 0 Å². The van der Waals surface area contributed by atoms with Crippen LogP contribution in [0, 0.1) is 0 Å². The van der Waals surface area contributed by atoms with Crippen LogP contribution in [0.5, 0.6) is 0 Å². The zero-order chi connectivity index (χ0) is 19.2. The fraction of sp³-hybridized carbons (Fsp3) is 0.381. The summed E-state index contributed by atoms with van der Waals surface area (Å²) in [5.74, 6) is 0. The second-order valence-corrected chi connectivity index (χ2v) is 7.68. The average molecular weight is 388 g/mol. The number of benzene rings is 2. The number of hydrogen-bond donors (Lipinski definition) is 3. The average Bonchev–Trinajstić information content (AvgIpc) is 3.19. The van der Waals surface area contributed by atoms with Gasteiger partial charge in [-0.3, -0.25) is 0 Å². The number of likely N-dealkylation sites (tertiary alicyclic amines) is 1. The molecule has 2 aromatic carbocycles. The number of quaternary nitrogens is 1. The molecule has 2 amide bonds. The standard InChI is InChI=1S/C21H27ClN4O/c1-25(2)19-11-5-16(6-12-19)20(26-13-3-4-14-26)15-23-21(27)24-18-9-7-17(22)8-10-18/h5-12,20H,3-4,13-15H2,1-2H3,(H2,23,24,27)/p+1/t20-/m1/s1. The summed E-state index contributed by atoms with van der Waals surface area (Å²) in [7, 11) is 4.09. The monoisotopic (exact) mass is 387 g/mol. The normalized spacial score (nSPS) is 15.4. The maximum absolute atomic E-state index is 12.3. The van der Waals surface area contributed by atoms with Crippen molar-refractivity contribution >= 4 is 29.0 Å². The highest BCUT2D eigenvalue weighted by atomic mass is 35.5. The molecule has 27 heavy (non-hydrogen) atoms. The van der Waals surface area contributed by atoms with Gasteiger partial charge in [-0.05, 0) is 36.4 Å². The van der Waals surface area contributed by atoms with Crippen LogP contribution in [0.3, 0.4) is 0 Å². The van der Waals surface area contributed by atoms with Gasteiger partial charge in [0.25, 0.3) is 0 Å². The van der Waals surface area contributed by atoms with Gasteiger partial charge in [0.1, 0.15) is 6.04 Å². The number of nitrogens with zero attached hydrogens (tertiary/aromatic N) is 1. The number of halogens is 1. The lowest BCUT2D eigenvalue weighted by molar-refractivity contribution is -0.918. The lowest BCUT2D eigenvalue weighted by atomic mass is 10.0. The summed E-state index contributed by atoms with van der Waals surface area (Å²) in [6.45, 7) is 2.91. The molecule has 0 unspecified atom stereocenters. The van der Waals surface area contributed by atoms with Crippen molar-refractivity contribution in [2.45, 2.75) is 18.9 Å². The summed E-state index contributed by atoms with van der Waals surface area (Å²) in [4.78, 5) is 16.0. The highest BCUT2D eigenvalue weighted by molar-refractivity contribution is 6.30. The molecule has 1 atom stereocenters. The quantitative estimate of drug-likeness (QED) is 0.713. The second kappa shape index (κ2) is 9.11. The first-order chi connectivity index (χ1) is 13.0. The topological polar surface area (TPSA) is 48.8 Å². The molecule has 1 fully saturated rings. The van der Waals surface area contributed by atoms with Crippen molar-refractivity contribution in [3.8, 4) is 0 Å².